The summed E-state index contributed by atoms with van der Waals surface area (Å²) in [6, 6.07) is 13.2. The van der Waals surface area contributed by atoms with Gasteiger partial charge in [0.25, 0.3) is 0 Å². The van der Waals surface area contributed by atoms with Gasteiger partial charge in [0.1, 0.15) is 12.6 Å². The number of halogens is 1. The summed E-state index contributed by atoms with van der Waals surface area (Å²) >= 11 is 6.02. The SMILES string of the molecule is CCC(C(=O)NC)N(Cc1ccc(C)cc1)C(=O)CN(c1cccc(Cl)c1)S(C)(=O)=O. The van der Waals surface area contributed by atoms with Crippen molar-refractivity contribution in [3.8, 4) is 0 Å². The van der Waals surface area contributed by atoms with Gasteiger partial charge in [0.2, 0.25) is 21.8 Å². The molecule has 0 aliphatic rings. The molecule has 0 bridgehead atoms. The lowest BCUT2D eigenvalue weighted by Gasteiger charge is -2.32. The second kappa shape index (κ2) is 10.6. The van der Waals surface area contributed by atoms with E-state index in [4.69, 9.17) is 11.6 Å². The molecule has 1 atom stereocenters. The quantitative estimate of drug-likeness (QED) is 0.616. The van der Waals surface area contributed by atoms with Crippen LogP contribution in [0.15, 0.2) is 48.5 Å². The molecule has 7 nitrogen and oxygen atoms in total. The number of nitrogens with one attached hydrogen (secondary N) is 1. The number of carbonyl (C=O) groups is 2. The minimum atomic E-state index is -3.77. The summed E-state index contributed by atoms with van der Waals surface area (Å²) in [6.07, 6.45) is 1.41. The van der Waals surface area contributed by atoms with Crippen LogP contribution in [0.1, 0.15) is 24.5 Å². The van der Waals surface area contributed by atoms with Crippen LogP contribution in [0.5, 0.6) is 0 Å². The smallest absolute Gasteiger partial charge is 0.244 e. The van der Waals surface area contributed by atoms with E-state index in [0.29, 0.717) is 11.4 Å². The van der Waals surface area contributed by atoms with E-state index in [-0.39, 0.29) is 18.1 Å². The molecular weight excluding hydrogens is 438 g/mol. The van der Waals surface area contributed by atoms with Gasteiger partial charge in [-0.2, -0.15) is 0 Å². The summed E-state index contributed by atoms with van der Waals surface area (Å²) in [5, 5.41) is 2.94. The van der Waals surface area contributed by atoms with Gasteiger partial charge in [0.15, 0.2) is 0 Å². The average molecular weight is 466 g/mol. The normalized spacial score (nSPS) is 12.2. The minimum absolute atomic E-state index is 0.179. The molecule has 9 heteroatoms. The van der Waals surface area contributed by atoms with Crippen LogP contribution < -0.4 is 9.62 Å². The van der Waals surface area contributed by atoms with E-state index < -0.39 is 28.5 Å². The highest BCUT2D eigenvalue weighted by molar-refractivity contribution is 7.92. The van der Waals surface area contributed by atoms with Gasteiger partial charge in [0.05, 0.1) is 11.9 Å². The molecule has 0 heterocycles. The summed E-state index contributed by atoms with van der Waals surface area (Å²) in [7, 11) is -2.27. The number of nitrogens with zero attached hydrogens (tertiary/aromatic N) is 2. The molecular formula is C22H28ClN3O4S. The van der Waals surface area contributed by atoms with Crippen molar-refractivity contribution in [2.24, 2.45) is 0 Å². The number of carbonyl (C=O) groups excluding carboxylic acids is 2. The largest absolute Gasteiger partial charge is 0.357 e. The maximum atomic E-state index is 13.4. The highest BCUT2D eigenvalue weighted by Crippen LogP contribution is 2.23. The van der Waals surface area contributed by atoms with Gasteiger partial charge in [-0.05, 0) is 37.1 Å². The Bertz CT molecular complexity index is 1030. The zero-order chi connectivity index (χ0) is 23.2. The van der Waals surface area contributed by atoms with Crippen molar-refractivity contribution < 1.29 is 18.0 Å². The fraction of sp³-hybridized carbons (Fsp3) is 0.364. The highest BCUT2D eigenvalue weighted by Gasteiger charge is 2.31. The fourth-order valence-electron chi connectivity index (χ4n) is 3.22. The van der Waals surface area contributed by atoms with Crippen LogP contribution in [0.25, 0.3) is 0 Å². The van der Waals surface area contributed by atoms with Crippen LogP contribution >= 0.6 is 11.6 Å². The third-order valence-electron chi connectivity index (χ3n) is 4.88. The molecule has 168 valence electrons. The molecule has 0 saturated carbocycles. The number of aryl methyl sites for hydroxylation is 1. The van der Waals surface area contributed by atoms with Crippen molar-refractivity contribution in [3.05, 3.63) is 64.7 Å². The van der Waals surface area contributed by atoms with E-state index in [0.717, 1.165) is 21.7 Å². The lowest BCUT2D eigenvalue weighted by molar-refractivity contribution is -0.140. The van der Waals surface area contributed by atoms with Crippen molar-refractivity contribution in [2.45, 2.75) is 32.9 Å². The molecule has 2 amide bonds. The van der Waals surface area contributed by atoms with Crippen molar-refractivity contribution >= 4 is 39.1 Å². The number of hydrogen-bond donors (Lipinski definition) is 1. The van der Waals surface area contributed by atoms with Crippen molar-refractivity contribution in [2.75, 3.05) is 24.2 Å². The molecule has 0 spiro atoms. The molecule has 0 aliphatic heterocycles. The van der Waals surface area contributed by atoms with E-state index in [2.05, 4.69) is 5.32 Å². The fourth-order valence-corrected chi connectivity index (χ4v) is 4.25. The third kappa shape index (κ3) is 6.70. The molecule has 0 saturated heterocycles. The molecule has 2 aromatic carbocycles. The molecule has 1 unspecified atom stereocenters. The lowest BCUT2D eigenvalue weighted by Crippen LogP contribution is -2.51. The van der Waals surface area contributed by atoms with Gasteiger partial charge in [-0.3, -0.25) is 13.9 Å². The molecule has 0 radical (unpaired) electrons. The molecule has 0 aliphatic carbocycles. The molecule has 31 heavy (non-hydrogen) atoms. The monoisotopic (exact) mass is 465 g/mol. The van der Waals surface area contributed by atoms with Crippen LogP contribution in [-0.4, -0.2) is 51.0 Å². The Morgan fingerprint density at radius 1 is 1.13 bits per heavy atom. The summed E-state index contributed by atoms with van der Waals surface area (Å²) in [4.78, 5) is 27.3. The van der Waals surface area contributed by atoms with E-state index in [1.54, 1.807) is 25.1 Å². The van der Waals surface area contributed by atoms with Gasteiger partial charge >= 0.3 is 0 Å². The molecule has 0 fully saturated rings. The van der Waals surface area contributed by atoms with Crippen LogP contribution in [0.4, 0.5) is 5.69 Å². The second-order valence-corrected chi connectivity index (χ2v) is 9.64. The van der Waals surface area contributed by atoms with Gasteiger partial charge in [-0.15, -0.1) is 0 Å². The van der Waals surface area contributed by atoms with Crippen LogP contribution in [0.2, 0.25) is 5.02 Å². The summed E-state index contributed by atoms with van der Waals surface area (Å²) in [6.45, 7) is 3.50. The maximum Gasteiger partial charge on any atom is 0.244 e. The van der Waals surface area contributed by atoms with E-state index >= 15 is 0 Å². The number of hydrogen-bond acceptors (Lipinski definition) is 4. The van der Waals surface area contributed by atoms with E-state index in [1.165, 1.54) is 18.0 Å². The minimum Gasteiger partial charge on any atom is -0.357 e. The van der Waals surface area contributed by atoms with Crippen LogP contribution in [0.3, 0.4) is 0 Å². The topological polar surface area (TPSA) is 86.8 Å². The van der Waals surface area contributed by atoms with E-state index in [1.807, 2.05) is 31.2 Å². The Kier molecular flexibility index (Phi) is 8.47. The van der Waals surface area contributed by atoms with Crippen molar-refractivity contribution in [1.82, 2.24) is 10.2 Å². The van der Waals surface area contributed by atoms with Gasteiger partial charge < -0.3 is 10.2 Å². The first-order chi connectivity index (χ1) is 14.6. The van der Waals surface area contributed by atoms with Crippen molar-refractivity contribution in [3.63, 3.8) is 0 Å². The summed E-state index contributed by atoms with van der Waals surface area (Å²) in [5.74, 6) is -0.793. The lowest BCUT2D eigenvalue weighted by atomic mass is 10.1. The third-order valence-corrected chi connectivity index (χ3v) is 6.26. The predicted molar refractivity (Wildman–Crippen MR) is 124 cm³/mol. The zero-order valence-corrected chi connectivity index (χ0v) is 19.7. The number of rotatable bonds is 9. The zero-order valence-electron chi connectivity index (χ0n) is 18.1. The average Bonchev–Trinajstić information content (AvgIpc) is 2.72. The van der Waals surface area contributed by atoms with E-state index in [9.17, 15) is 18.0 Å². The number of benzene rings is 2. The Labute approximate surface area is 189 Å². The Hall–Kier alpha value is -2.58. The molecule has 1 N–H and O–H groups in total. The first-order valence-electron chi connectivity index (χ1n) is 9.86. The molecule has 0 aromatic heterocycles. The number of amides is 2. The van der Waals surface area contributed by atoms with Gasteiger partial charge in [0, 0.05) is 18.6 Å². The Morgan fingerprint density at radius 3 is 2.29 bits per heavy atom. The standard InChI is InChI=1S/C22H28ClN3O4S/c1-5-20(22(28)24-3)25(14-17-11-9-16(2)10-12-17)21(27)15-26(31(4,29)30)19-8-6-7-18(23)13-19/h6-13,20H,5,14-15H2,1-4H3,(H,24,28). The second-order valence-electron chi connectivity index (χ2n) is 7.30. The summed E-state index contributed by atoms with van der Waals surface area (Å²) < 4.78 is 25.9. The van der Waals surface area contributed by atoms with Gasteiger partial charge in [-0.25, -0.2) is 8.42 Å². The predicted octanol–water partition coefficient (Wildman–Crippen LogP) is 2.97. The maximum absolute atomic E-state index is 13.4. The highest BCUT2D eigenvalue weighted by atomic mass is 35.5. The first-order valence-corrected chi connectivity index (χ1v) is 12.1. The number of likely N-dealkylation sites (N-methyl/N-ethyl adjacent to an activating group) is 1. The number of sulfonamides is 1. The van der Waals surface area contributed by atoms with Gasteiger partial charge in [-0.1, -0.05) is 54.4 Å². The molecule has 2 aromatic rings. The molecule has 2 rings (SSSR count). The Morgan fingerprint density at radius 2 is 1.77 bits per heavy atom. The summed E-state index contributed by atoms with van der Waals surface area (Å²) in [5.41, 5.74) is 2.20. The van der Waals surface area contributed by atoms with Crippen molar-refractivity contribution in [1.29, 1.82) is 0 Å². The van der Waals surface area contributed by atoms with Crippen LogP contribution in [-0.2, 0) is 26.2 Å². The van der Waals surface area contributed by atoms with Crippen LogP contribution in [0, 0.1) is 6.92 Å². The Balaban J connectivity index is 2.41. The number of anilines is 1. The first kappa shape index (κ1) is 24.7.